The van der Waals surface area contributed by atoms with Crippen molar-refractivity contribution in [2.75, 3.05) is 27.2 Å². The number of hydrogen-bond donors (Lipinski definition) is 0. The van der Waals surface area contributed by atoms with Gasteiger partial charge >= 0.3 is 0 Å². The SMILES string of the molecule is CN(C)C(=O)C[C@H]1CC2(CCN(C(=O)c3cccnc3)CC2)Oc2ccccc21. The quantitative estimate of drug-likeness (QED) is 0.804. The molecule has 1 aromatic carbocycles. The number of carbonyl (C=O) groups is 2. The van der Waals surface area contributed by atoms with Crippen molar-refractivity contribution in [3.8, 4) is 5.75 Å². The third kappa shape index (κ3) is 3.97. The standard InChI is InChI=1S/C23H27N3O3/c1-25(2)21(27)14-18-15-23(29-20-8-4-3-7-19(18)20)9-12-26(13-10-23)22(28)17-6-5-11-24-16-17/h3-8,11,16,18H,9-10,12-15H2,1-2H3/t18-/m0/s1. The smallest absolute Gasteiger partial charge is 0.255 e. The van der Waals surface area contributed by atoms with E-state index in [4.69, 9.17) is 4.74 Å². The lowest BCUT2D eigenvalue weighted by atomic mass is 9.76. The number of nitrogens with zero attached hydrogens (tertiary/aromatic N) is 3. The number of likely N-dealkylation sites (tertiary alicyclic amines) is 1. The Morgan fingerprint density at radius 2 is 1.93 bits per heavy atom. The van der Waals surface area contributed by atoms with Gasteiger partial charge in [0, 0.05) is 64.8 Å². The first-order chi connectivity index (χ1) is 14.0. The average molecular weight is 393 g/mol. The van der Waals surface area contributed by atoms with Gasteiger partial charge in [-0.3, -0.25) is 14.6 Å². The Hall–Kier alpha value is -2.89. The molecule has 1 atom stereocenters. The minimum Gasteiger partial charge on any atom is -0.487 e. The molecular formula is C23H27N3O3. The normalized spacial score (nSPS) is 19.9. The van der Waals surface area contributed by atoms with Crippen LogP contribution in [0.5, 0.6) is 5.75 Å². The number of carbonyl (C=O) groups excluding carboxylic acids is 2. The molecule has 0 aliphatic carbocycles. The van der Waals surface area contributed by atoms with Crippen LogP contribution >= 0.6 is 0 Å². The summed E-state index contributed by atoms with van der Waals surface area (Å²) in [5, 5.41) is 0. The Morgan fingerprint density at radius 3 is 2.62 bits per heavy atom. The molecule has 2 amide bonds. The van der Waals surface area contributed by atoms with Gasteiger partial charge in [0.15, 0.2) is 0 Å². The third-order valence-electron chi connectivity index (χ3n) is 6.09. The topological polar surface area (TPSA) is 62.7 Å². The summed E-state index contributed by atoms with van der Waals surface area (Å²) < 4.78 is 6.49. The number of benzene rings is 1. The maximum atomic E-state index is 12.7. The predicted octanol–water partition coefficient (Wildman–Crippen LogP) is 3.10. The number of piperidine rings is 1. The van der Waals surface area contributed by atoms with Gasteiger partial charge in [-0.1, -0.05) is 18.2 Å². The molecule has 1 fully saturated rings. The summed E-state index contributed by atoms with van der Waals surface area (Å²) in [5.41, 5.74) is 1.41. The number of pyridine rings is 1. The minimum atomic E-state index is -0.322. The molecule has 152 valence electrons. The molecule has 1 spiro atoms. The Balaban J connectivity index is 1.50. The van der Waals surface area contributed by atoms with Crippen LogP contribution in [0.15, 0.2) is 48.8 Å². The molecule has 0 bridgehead atoms. The second kappa shape index (κ2) is 7.85. The highest BCUT2D eigenvalue weighted by molar-refractivity contribution is 5.93. The van der Waals surface area contributed by atoms with Crippen molar-refractivity contribution >= 4 is 11.8 Å². The fraction of sp³-hybridized carbons (Fsp3) is 0.435. The zero-order valence-corrected chi connectivity index (χ0v) is 17.0. The van der Waals surface area contributed by atoms with Gasteiger partial charge in [0.1, 0.15) is 11.4 Å². The molecule has 0 N–H and O–H groups in total. The summed E-state index contributed by atoms with van der Waals surface area (Å²) in [6, 6.07) is 11.6. The van der Waals surface area contributed by atoms with E-state index in [1.165, 1.54) is 0 Å². The average Bonchev–Trinajstić information content (AvgIpc) is 2.74. The summed E-state index contributed by atoms with van der Waals surface area (Å²) in [5.74, 6) is 1.16. The third-order valence-corrected chi connectivity index (χ3v) is 6.09. The van der Waals surface area contributed by atoms with Crippen molar-refractivity contribution in [1.82, 2.24) is 14.8 Å². The lowest BCUT2D eigenvalue weighted by Gasteiger charge is -2.47. The molecule has 0 radical (unpaired) electrons. The van der Waals surface area contributed by atoms with E-state index in [1.54, 1.807) is 43.5 Å². The van der Waals surface area contributed by atoms with Gasteiger partial charge in [-0.15, -0.1) is 0 Å². The van der Waals surface area contributed by atoms with Crippen LogP contribution in [0, 0.1) is 0 Å². The van der Waals surface area contributed by atoms with Crippen molar-refractivity contribution in [1.29, 1.82) is 0 Å². The van der Waals surface area contributed by atoms with Crippen LogP contribution in [0.4, 0.5) is 0 Å². The predicted molar refractivity (Wildman–Crippen MR) is 110 cm³/mol. The van der Waals surface area contributed by atoms with E-state index < -0.39 is 0 Å². The highest BCUT2D eigenvalue weighted by Gasteiger charge is 2.44. The highest BCUT2D eigenvalue weighted by Crippen LogP contribution is 2.46. The Labute approximate surface area is 171 Å². The minimum absolute atomic E-state index is 0.0171. The lowest BCUT2D eigenvalue weighted by Crippen LogP contribution is -2.52. The fourth-order valence-electron chi connectivity index (χ4n) is 4.42. The Kier molecular flexibility index (Phi) is 5.26. The maximum Gasteiger partial charge on any atom is 0.255 e. The van der Waals surface area contributed by atoms with Gasteiger partial charge in [0.05, 0.1) is 5.56 Å². The van der Waals surface area contributed by atoms with Crippen LogP contribution in [0.3, 0.4) is 0 Å². The molecule has 1 saturated heterocycles. The van der Waals surface area contributed by atoms with Crippen LogP contribution in [0.2, 0.25) is 0 Å². The molecule has 6 nitrogen and oxygen atoms in total. The van der Waals surface area contributed by atoms with Gasteiger partial charge in [-0.25, -0.2) is 0 Å². The zero-order chi connectivity index (χ0) is 20.4. The van der Waals surface area contributed by atoms with Crippen LogP contribution < -0.4 is 4.74 Å². The van der Waals surface area contributed by atoms with Gasteiger partial charge in [-0.05, 0) is 30.2 Å². The number of aromatic nitrogens is 1. The number of fused-ring (bicyclic) bond motifs is 1. The number of rotatable bonds is 3. The Bertz CT molecular complexity index is 889. The van der Waals surface area contributed by atoms with Crippen molar-refractivity contribution in [2.45, 2.75) is 37.2 Å². The van der Waals surface area contributed by atoms with Crippen molar-refractivity contribution in [3.05, 3.63) is 59.9 Å². The summed E-state index contributed by atoms with van der Waals surface area (Å²) >= 11 is 0. The van der Waals surface area contributed by atoms with Gasteiger partial charge in [0.25, 0.3) is 5.91 Å². The van der Waals surface area contributed by atoms with Crippen molar-refractivity contribution in [2.24, 2.45) is 0 Å². The maximum absolute atomic E-state index is 12.7. The van der Waals surface area contributed by atoms with Gasteiger partial charge in [-0.2, -0.15) is 0 Å². The fourth-order valence-corrected chi connectivity index (χ4v) is 4.42. The van der Waals surface area contributed by atoms with Gasteiger partial charge < -0.3 is 14.5 Å². The van der Waals surface area contributed by atoms with Gasteiger partial charge in [0.2, 0.25) is 5.91 Å². The van der Waals surface area contributed by atoms with E-state index in [1.807, 2.05) is 23.1 Å². The molecule has 1 aromatic heterocycles. The van der Waals surface area contributed by atoms with E-state index in [0.717, 1.165) is 30.6 Å². The molecule has 2 aliphatic heterocycles. The van der Waals surface area contributed by atoms with Crippen molar-refractivity contribution < 1.29 is 14.3 Å². The van der Waals surface area contributed by atoms with E-state index in [2.05, 4.69) is 11.1 Å². The highest BCUT2D eigenvalue weighted by atomic mass is 16.5. The molecular weight excluding hydrogens is 366 g/mol. The summed E-state index contributed by atoms with van der Waals surface area (Å²) in [6.07, 6.45) is 6.10. The lowest BCUT2D eigenvalue weighted by molar-refractivity contribution is -0.129. The summed E-state index contributed by atoms with van der Waals surface area (Å²) in [6.45, 7) is 1.29. The van der Waals surface area contributed by atoms with Crippen molar-refractivity contribution in [3.63, 3.8) is 0 Å². The molecule has 6 heteroatoms. The largest absolute Gasteiger partial charge is 0.487 e. The Morgan fingerprint density at radius 1 is 1.17 bits per heavy atom. The molecule has 0 unspecified atom stereocenters. The number of para-hydroxylation sites is 1. The first-order valence-electron chi connectivity index (χ1n) is 10.1. The molecule has 3 heterocycles. The number of hydrogen-bond acceptors (Lipinski definition) is 4. The molecule has 2 aliphatic rings. The van der Waals surface area contributed by atoms with E-state index >= 15 is 0 Å². The van der Waals surface area contributed by atoms with E-state index in [0.29, 0.717) is 25.1 Å². The molecule has 2 aromatic rings. The zero-order valence-electron chi connectivity index (χ0n) is 17.0. The van der Waals surface area contributed by atoms with Crippen LogP contribution in [0.25, 0.3) is 0 Å². The second-order valence-corrected chi connectivity index (χ2v) is 8.25. The molecule has 29 heavy (non-hydrogen) atoms. The number of amides is 2. The van der Waals surface area contributed by atoms with Crippen LogP contribution in [-0.2, 0) is 4.79 Å². The van der Waals surface area contributed by atoms with Crippen LogP contribution in [-0.4, -0.2) is 59.4 Å². The summed E-state index contributed by atoms with van der Waals surface area (Å²) in [4.78, 5) is 32.8. The van der Waals surface area contributed by atoms with E-state index in [-0.39, 0.29) is 23.3 Å². The van der Waals surface area contributed by atoms with Crippen LogP contribution in [0.1, 0.15) is 47.5 Å². The van der Waals surface area contributed by atoms with E-state index in [9.17, 15) is 9.59 Å². The molecule has 0 saturated carbocycles. The first-order valence-corrected chi connectivity index (χ1v) is 10.1. The second-order valence-electron chi connectivity index (χ2n) is 8.25. The monoisotopic (exact) mass is 393 g/mol. The summed E-state index contributed by atoms with van der Waals surface area (Å²) in [7, 11) is 3.59. The molecule has 4 rings (SSSR count). The first kappa shape index (κ1) is 19.4. The number of ether oxygens (including phenoxy) is 1.